The van der Waals surface area contributed by atoms with Crippen molar-refractivity contribution in [2.75, 3.05) is 13.6 Å². The highest BCUT2D eigenvalue weighted by Gasteiger charge is 2.39. The molecule has 0 aromatic carbocycles. The van der Waals surface area contributed by atoms with Crippen LogP contribution in [-0.2, 0) is 11.0 Å². The van der Waals surface area contributed by atoms with Crippen LogP contribution in [-0.4, -0.2) is 40.5 Å². The topological polar surface area (TPSA) is 70.5 Å². The van der Waals surface area contributed by atoms with E-state index in [4.69, 9.17) is 5.11 Å². The lowest BCUT2D eigenvalue weighted by atomic mass is 10.3. The van der Waals surface area contributed by atoms with Crippen LogP contribution in [0.1, 0.15) is 15.4 Å². The van der Waals surface area contributed by atoms with Gasteiger partial charge >= 0.3 is 12.1 Å². The van der Waals surface area contributed by atoms with Gasteiger partial charge in [0.05, 0.1) is 5.51 Å². The summed E-state index contributed by atoms with van der Waals surface area (Å²) in [4.78, 5) is 25.0. The van der Waals surface area contributed by atoms with Gasteiger partial charge in [0.2, 0.25) is 0 Å². The molecule has 0 radical (unpaired) electrons. The van der Waals surface area contributed by atoms with Crippen LogP contribution < -0.4 is 0 Å². The van der Waals surface area contributed by atoms with E-state index in [1.165, 1.54) is 0 Å². The minimum absolute atomic E-state index is 0.525. The molecular formula is C8H7F3N2O3S. The number of carboxylic acids is 1. The second-order valence-electron chi connectivity index (χ2n) is 3.08. The number of likely N-dealkylation sites (N-methyl/N-ethyl adjacent to an activating group) is 1. The summed E-state index contributed by atoms with van der Waals surface area (Å²) in [6.45, 7) is -0.673. The van der Waals surface area contributed by atoms with E-state index in [-0.39, 0.29) is 0 Å². The van der Waals surface area contributed by atoms with Crippen LogP contribution in [0.15, 0.2) is 5.51 Å². The maximum Gasteiger partial charge on any atom is 0.434 e. The molecule has 0 bridgehead atoms. The third-order valence-electron chi connectivity index (χ3n) is 1.75. The van der Waals surface area contributed by atoms with Crippen molar-refractivity contribution in [2.24, 2.45) is 0 Å². The van der Waals surface area contributed by atoms with Gasteiger partial charge in [-0.1, -0.05) is 0 Å². The Morgan fingerprint density at radius 3 is 2.59 bits per heavy atom. The molecule has 1 rings (SSSR count). The lowest BCUT2D eigenvalue weighted by Crippen LogP contribution is -2.32. The fourth-order valence-corrected chi connectivity index (χ4v) is 1.85. The number of aromatic nitrogens is 1. The highest BCUT2D eigenvalue weighted by Crippen LogP contribution is 2.33. The molecule has 0 aliphatic heterocycles. The van der Waals surface area contributed by atoms with Gasteiger partial charge in [0.25, 0.3) is 5.91 Å². The molecule has 0 atom stereocenters. The molecule has 17 heavy (non-hydrogen) atoms. The number of aliphatic carboxylic acids is 1. The number of amides is 1. The third-order valence-corrected chi connectivity index (χ3v) is 2.56. The monoisotopic (exact) mass is 268 g/mol. The van der Waals surface area contributed by atoms with E-state index in [1.807, 2.05) is 0 Å². The molecule has 0 spiro atoms. The van der Waals surface area contributed by atoms with Crippen molar-refractivity contribution < 1.29 is 27.9 Å². The number of carbonyl (C=O) groups is 2. The van der Waals surface area contributed by atoms with Gasteiger partial charge in [0.15, 0.2) is 5.69 Å². The Bertz CT molecular complexity index is 443. The van der Waals surface area contributed by atoms with Crippen molar-refractivity contribution in [2.45, 2.75) is 6.18 Å². The standard InChI is InChI=1S/C8H7F3N2O3S/c1-13(2-4(14)15)7(16)5-6(8(9,10)11)12-3-17-5/h3H,2H2,1H3,(H,14,15). The summed E-state index contributed by atoms with van der Waals surface area (Å²) in [5, 5.41) is 8.43. The quantitative estimate of drug-likeness (QED) is 0.897. The number of carbonyl (C=O) groups excluding carboxylic acids is 1. The average molecular weight is 268 g/mol. The Morgan fingerprint density at radius 1 is 1.53 bits per heavy atom. The smallest absolute Gasteiger partial charge is 0.434 e. The molecule has 0 aliphatic carbocycles. The molecule has 0 saturated carbocycles. The van der Waals surface area contributed by atoms with Crippen molar-refractivity contribution in [3.63, 3.8) is 0 Å². The van der Waals surface area contributed by atoms with Crippen LogP contribution in [0.5, 0.6) is 0 Å². The summed E-state index contributed by atoms with van der Waals surface area (Å²) in [5.74, 6) is -2.32. The molecule has 0 fully saturated rings. The zero-order valence-corrected chi connectivity index (χ0v) is 9.30. The second-order valence-corrected chi connectivity index (χ2v) is 3.94. The molecule has 1 amide bonds. The summed E-state index contributed by atoms with van der Waals surface area (Å²) in [6.07, 6.45) is -4.73. The average Bonchev–Trinajstić information content (AvgIpc) is 2.62. The number of hydrogen-bond acceptors (Lipinski definition) is 4. The zero-order chi connectivity index (χ0) is 13.2. The first-order chi connectivity index (χ1) is 7.73. The highest BCUT2D eigenvalue weighted by molar-refractivity contribution is 7.11. The number of carboxylic acid groups (broad SMARTS) is 1. The van der Waals surface area contributed by atoms with E-state index in [2.05, 4.69) is 4.98 Å². The Morgan fingerprint density at radius 2 is 2.12 bits per heavy atom. The maximum atomic E-state index is 12.4. The molecule has 1 N–H and O–H groups in total. The van der Waals surface area contributed by atoms with Crippen LogP contribution in [0.4, 0.5) is 13.2 Å². The Labute approximate surface area is 97.5 Å². The van der Waals surface area contributed by atoms with Gasteiger partial charge in [0, 0.05) is 7.05 Å². The van der Waals surface area contributed by atoms with Crippen molar-refractivity contribution in [1.29, 1.82) is 0 Å². The van der Waals surface area contributed by atoms with E-state index in [1.54, 1.807) is 0 Å². The minimum atomic E-state index is -4.73. The third kappa shape index (κ3) is 3.16. The SMILES string of the molecule is CN(CC(=O)O)C(=O)c1scnc1C(F)(F)F. The van der Waals surface area contributed by atoms with Gasteiger partial charge < -0.3 is 10.0 Å². The molecule has 0 saturated heterocycles. The Balaban J connectivity index is 2.98. The van der Waals surface area contributed by atoms with Gasteiger partial charge in [-0.2, -0.15) is 13.2 Å². The molecule has 1 heterocycles. The van der Waals surface area contributed by atoms with E-state index in [9.17, 15) is 22.8 Å². The van der Waals surface area contributed by atoms with Crippen molar-refractivity contribution >= 4 is 23.2 Å². The molecular weight excluding hydrogens is 261 g/mol. The van der Waals surface area contributed by atoms with Crippen molar-refractivity contribution in [3.05, 3.63) is 16.1 Å². The Kier molecular flexibility index (Phi) is 3.71. The number of hydrogen-bond donors (Lipinski definition) is 1. The Hall–Kier alpha value is -1.64. The molecule has 0 unspecified atom stereocenters. The van der Waals surface area contributed by atoms with Crippen LogP contribution in [0.25, 0.3) is 0 Å². The fourth-order valence-electron chi connectivity index (χ4n) is 1.05. The van der Waals surface area contributed by atoms with Gasteiger partial charge in [-0.05, 0) is 0 Å². The van der Waals surface area contributed by atoms with E-state index in [0.29, 0.717) is 16.2 Å². The number of rotatable bonds is 3. The zero-order valence-electron chi connectivity index (χ0n) is 8.48. The van der Waals surface area contributed by atoms with Crippen molar-refractivity contribution in [3.8, 4) is 0 Å². The maximum absolute atomic E-state index is 12.4. The molecule has 1 aromatic heterocycles. The van der Waals surface area contributed by atoms with E-state index in [0.717, 1.165) is 12.6 Å². The molecule has 9 heteroatoms. The van der Waals surface area contributed by atoms with Crippen LogP contribution in [0.3, 0.4) is 0 Å². The van der Waals surface area contributed by atoms with Crippen LogP contribution in [0, 0.1) is 0 Å². The van der Waals surface area contributed by atoms with E-state index >= 15 is 0 Å². The van der Waals surface area contributed by atoms with Crippen LogP contribution >= 0.6 is 11.3 Å². The first-order valence-corrected chi connectivity index (χ1v) is 5.09. The van der Waals surface area contributed by atoms with Crippen molar-refractivity contribution in [1.82, 2.24) is 9.88 Å². The molecule has 94 valence electrons. The summed E-state index contributed by atoms with van der Waals surface area (Å²) < 4.78 is 37.3. The first-order valence-electron chi connectivity index (χ1n) is 4.21. The lowest BCUT2D eigenvalue weighted by Gasteiger charge is -2.14. The van der Waals surface area contributed by atoms with Gasteiger partial charge in [0.1, 0.15) is 11.4 Å². The number of thiazole rings is 1. The second kappa shape index (κ2) is 4.70. The lowest BCUT2D eigenvalue weighted by molar-refractivity contribution is -0.141. The molecule has 0 aliphatic rings. The molecule has 5 nitrogen and oxygen atoms in total. The predicted molar refractivity (Wildman–Crippen MR) is 51.7 cm³/mol. The van der Waals surface area contributed by atoms with E-state index < -0.39 is 35.2 Å². The largest absolute Gasteiger partial charge is 0.480 e. The summed E-state index contributed by atoms with van der Waals surface area (Å²) in [7, 11) is 1.11. The number of halogens is 3. The molecule has 1 aromatic rings. The fraction of sp³-hybridized carbons (Fsp3) is 0.375. The normalized spacial score (nSPS) is 11.3. The minimum Gasteiger partial charge on any atom is -0.480 e. The van der Waals surface area contributed by atoms with Gasteiger partial charge in [-0.15, -0.1) is 11.3 Å². The number of alkyl halides is 3. The van der Waals surface area contributed by atoms with Gasteiger partial charge in [-0.3, -0.25) is 9.59 Å². The van der Waals surface area contributed by atoms with Gasteiger partial charge in [-0.25, -0.2) is 4.98 Å². The summed E-state index contributed by atoms with van der Waals surface area (Å²) >= 11 is 0.525. The first kappa shape index (κ1) is 13.4. The highest BCUT2D eigenvalue weighted by atomic mass is 32.1. The summed E-state index contributed by atoms with van der Waals surface area (Å²) in [6, 6.07) is 0. The summed E-state index contributed by atoms with van der Waals surface area (Å²) in [5.41, 5.74) is -0.394. The number of nitrogens with zero attached hydrogens (tertiary/aromatic N) is 2. The van der Waals surface area contributed by atoms with Crippen LogP contribution in [0.2, 0.25) is 0 Å². The predicted octanol–water partition coefficient (Wildman–Crippen LogP) is 1.32.